The van der Waals surface area contributed by atoms with E-state index in [-0.39, 0.29) is 5.88 Å². The van der Waals surface area contributed by atoms with Gasteiger partial charge in [-0.15, -0.1) is 11.6 Å². The molecule has 0 aromatic heterocycles. The number of hydrogen-bond donors (Lipinski definition) is 0. The van der Waals surface area contributed by atoms with Crippen LogP contribution in [0.4, 0.5) is 18.9 Å². The standard InChI is InChI=1S/C15H19ClF3N/c1-2-11-4-3-7-20(10-11)14-6-5-12(9-16)8-13(14)15(17,18)19/h5-6,8,11H,2-4,7,9-10H2,1H3. The van der Waals surface area contributed by atoms with Crippen molar-refractivity contribution in [2.24, 2.45) is 5.92 Å². The monoisotopic (exact) mass is 305 g/mol. The van der Waals surface area contributed by atoms with Crippen LogP contribution in [0, 0.1) is 5.92 Å². The normalized spacial score (nSPS) is 20.2. The van der Waals surface area contributed by atoms with Crippen LogP contribution in [-0.4, -0.2) is 13.1 Å². The van der Waals surface area contributed by atoms with E-state index in [1.807, 2.05) is 4.90 Å². The van der Waals surface area contributed by atoms with Gasteiger partial charge in [0.2, 0.25) is 0 Å². The molecule has 1 fully saturated rings. The average molecular weight is 306 g/mol. The third-order valence-corrected chi connectivity index (χ3v) is 4.27. The highest BCUT2D eigenvalue weighted by molar-refractivity contribution is 6.17. The molecule has 1 unspecified atom stereocenters. The Labute approximate surface area is 122 Å². The molecule has 5 heteroatoms. The number of hydrogen-bond acceptors (Lipinski definition) is 1. The molecule has 1 aliphatic heterocycles. The van der Waals surface area contributed by atoms with Crippen molar-refractivity contribution in [3.63, 3.8) is 0 Å². The van der Waals surface area contributed by atoms with E-state index >= 15 is 0 Å². The summed E-state index contributed by atoms with van der Waals surface area (Å²) in [4.78, 5) is 1.87. The molecule has 112 valence electrons. The molecule has 2 rings (SSSR count). The summed E-state index contributed by atoms with van der Waals surface area (Å²) < 4.78 is 39.7. The van der Waals surface area contributed by atoms with Gasteiger partial charge in [0.1, 0.15) is 0 Å². The molecule has 0 amide bonds. The fourth-order valence-electron chi connectivity index (χ4n) is 2.79. The van der Waals surface area contributed by atoms with Crippen molar-refractivity contribution >= 4 is 17.3 Å². The van der Waals surface area contributed by atoms with Gasteiger partial charge in [0.25, 0.3) is 0 Å². The first kappa shape index (κ1) is 15.5. The lowest BCUT2D eigenvalue weighted by Crippen LogP contribution is -2.36. The zero-order valence-corrected chi connectivity index (χ0v) is 12.3. The molecule has 0 spiro atoms. The van der Waals surface area contributed by atoms with Gasteiger partial charge < -0.3 is 4.90 Å². The third-order valence-electron chi connectivity index (χ3n) is 3.96. The Morgan fingerprint density at radius 1 is 1.35 bits per heavy atom. The minimum Gasteiger partial charge on any atom is -0.371 e. The summed E-state index contributed by atoms with van der Waals surface area (Å²) in [7, 11) is 0. The summed E-state index contributed by atoms with van der Waals surface area (Å²) in [6.45, 7) is 3.50. The zero-order chi connectivity index (χ0) is 14.8. The van der Waals surface area contributed by atoms with Gasteiger partial charge in [0.15, 0.2) is 0 Å². The van der Waals surface area contributed by atoms with E-state index in [9.17, 15) is 13.2 Å². The van der Waals surface area contributed by atoms with Crippen molar-refractivity contribution in [3.8, 4) is 0 Å². The third kappa shape index (κ3) is 3.40. The first-order valence-corrected chi connectivity index (χ1v) is 7.50. The quantitative estimate of drug-likeness (QED) is 0.705. The first-order valence-electron chi connectivity index (χ1n) is 6.96. The van der Waals surface area contributed by atoms with Gasteiger partial charge in [-0.05, 0) is 36.5 Å². The predicted octanol–water partition coefficient (Wildman–Crippen LogP) is 5.07. The first-order chi connectivity index (χ1) is 9.45. The van der Waals surface area contributed by atoms with E-state index < -0.39 is 11.7 Å². The lowest BCUT2D eigenvalue weighted by molar-refractivity contribution is -0.137. The van der Waals surface area contributed by atoms with E-state index in [4.69, 9.17) is 11.6 Å². The number of anilines is 1. The Morgan fingerprint density at radius 2 is 2.10 bits per heavy atom. The molecular weight excluding hydrogens is 287 g/mol. The lowest BCUT2D eigenvalue weighted by atomic mass is 9.94. The minimum atomic E-state index is -4.34. The van der Waals surface area contributed by atoms with Crippen molar-refractivity contribution in [3.05, 3.63) is 29.3 Å². The van der Waals surface area contributed by atoms with Crippen molar-refractivity contribution in [2.75, 3.05) is 18.0 Å². The number of nitrogens with zero attached hydrogens (tertiary/aromatic N) is 1. The van der Waals surface area contributed by atoms with Crippen LogP contribution >= 0.6 is 11.6 Å². The van der Waals surface area contributed by atoms with Crippen LogP contribution in [0.25, 0.3) is 0 Å². The summed E-state index contributed by atoms with van der Waals surface area (Å²) in [5.74, 6) is 0.582. The predicted molar refractivity (Wildman–Crippen MR) is 76.2 cm³/mol. The Kier molecular flexibility index (Phi) is 4.84. The molecule has 0 bridgehead atoms. The van der Waals surface area contributed by atoms with Crippen LogP contribution in [0.15, 0.2) is 18.2 Å². The van der Waals surface area contributed by atoms with Gasteiger partial charge in [-0.1, -0.05) is 19.4 Å². The molecule has 1 nitrogen and oxygen atoms in total. The van der Waals surface area contributed by atoms with Gasteiger partial charge in [0, 0.05) is 24.7 Å². The number of piperidine rings is 1. The van der Waals surface area contributed by atoms with Gasteiger partial charge in [0.05, 0.1) is 5.56 Å². The smallest absolute Gasteiger partial charge is 0.371 e. The Morgan fingerprint density at radius 3 is 2.70 bits per heavy atom. The van der Waals surface area contributed by atoms with Crippen molar-refractivity contribution in [2.45, 2.75) is 38.2 Å². The van der Waals surface area contributed by atoms with E-state index in [0.29, 0.717) is 30.3 Å². The lowest BCUT2D eigenvalue weighted by Gasteiger charge is -2.35. The van der Waals surface area contributed by atoms with Crippen molar-refractivity contribution < 1.29 is 13.2 Å². The molecule has 1 saturated heterocycles. The number of benzene rings is 1. The molecule has 1 aromatic rings. The number of halogens is 4. The van der Waals surface area contributed by atoms with Crippen LogP contribution in [0.1, 0.15) is 37.3 Å². The Bertz CT molecular complexity index is 459. The summed E-state index contributed by atoms with van der Waals surface area (Å²) in [5.41, 5.74) is 0.240. The van der Waals surface area contributed by atoms with E-state index in [1.54, 1.807) is 12.1 Å². The highest BCUT2D eigenvalue weighted by atomic mass is 35.5. The summed E-state index contributed by atoms with van der Waals surface area (Å²) >= 11 is 5.65. The van der Waals surface area contributed by atoms with Gasteiger partial charge >= 0.3 is 6.18 Å². The Balaban J connectivity index is 2.35. The van der Waals surface area contributed by atoms with E-state index in [0.717, 1.165) is 19.3 Å². The molecule has 0 N–H and O–H groups in total. The average Bonchev–Trinajstić information content (AvgIpc) is 2.45. The van der Waals surface area contributed by atoms with Crippen LogP contribution in [0.3, 0.4) is 0 Å². The van der Waals surface area contributed by atoms with E-state index in [2.05, 4.69) is 6.92 Å². The summed E-state index contributed by atoms with van der Waals surface area (Å²) in [5, 5.41) is 0. The van der Waals surface area contributed by atoms with Crippen molar-refractivity contribution in [1.82, 2.24) is 0 Å². The maximum Gasteiger partial charge on any atom is 0.418 e. The fourth-order valence-corrected chi connectivity index (χ4v) is 2.95. The van der Waals surface area contributed by atoms with Gasteiger partial charge in [-0.2, -0.15) is 13.2 Å². The molecule has 0 radical (unpaired) electrons. The second-order valence-corrected chi connectivity index (χ2v) is 5.61. The highest BCUT2D eigenvalue weighted by Crippen LogP contribution is 2.39. The molecule has 20 heavy (non-hydrogen) atoms. The topological polar surface area (TPSA) is 3.24 Å². The zero-order valence-electron chi connectivity index (χ0n) is 11.5. The highest BCUT2D eigenvalue weighted by Gasteiger charge is 2.35. The van der Waals surface area contributed by atoms with Crippen LogP contribution in [0.5, 0.6) is 0 Å². The molecular formula is C15H19ClF3N. The molecule has 0 saturated carbocycles. The second kappa shape index (κ2) is 6.25. The molecule has 1 aromatic carbocycles. The SMILES string of the molecule is CCC1CCCN(c2ccc(CCl)cc2C(F)(F)F)C1. The van der Waals surface area contributed by atoms with Gasteiger partial charge in [-0.25, -0.2) is 0 Å². The van der Waals surface area contributed by atoms with E-state index in [1.165, 1.54) is 6.07 Å². The molecule has 1 heterocycles. The fraction of sp³-hybridized carbons (Fsp3) is 0.600. The second-order valence-electron chi connectivity index (χ2n) is 5.35. The Hall–Kier alpha value is -0.900. The largest absolute Gasteiger partial charge is 0.418 e. The molecule has 0 aliphatic carbocycles. The maximum absolute atomic E-state index is 13.2. The molecule has 1 aliphatic rings. The minimum absolute atomic E-state index is 0.0982. The van der Waals surface area contributed by atoms with Crippen LogP contribution in [0.2, 0.25) is 0 Å². The van der Waals surface area contributed by atoms with Crippen LogP contribution < -0.4 is 4.90 Å². The maximum atomic E-state index is 13.2. The van der Waals surface area contributed by atoms with Crippen molar-refractivity contribution in [1.29, 1.82) is 0 Å². The number of alkyl halides is 4. The number of rotatable bonds is 3. The summed E-state index contributed by atoms with van der Waals surface area (Å²) in [6.07, 6.45) is -1.27. The summed E-state index contributed by atoms with van der Waals surface area (Å²) in [6, 6.07) is 4.43. The van der Waals surface area contributed by atoms with Gasteiger partial charge in [-0.3, -0.25) is 0 Å². The van der Waals surface area contributed by atoms with Crippen LogP contribution in [-0.2, 0) is 12.1 Å². The molecule has 1 atom stereocenters.